The van der Waals surface area contributed by atoms with Gasteiger partial charge >= 0.3 is 5.97 Å². The molecule has 1 fully saturated rings. The number of thiocarbonyl (C=S) groups is 1. The smallest absolute Gasteiger partial charge is 0.326 e. The number of carboxylic acid groups (broad SMARTS) is 1. The van der Waals surface area contributed by atoms with E-state index in [1.54, 1.807) is 30.3 Å². The molecule has 0 saturated carbocycles. The Bertz CT molecular complexity index is 906. The molecule has 128 valence electrons. The fourth-order valence-corrected chi connectivity index (χ4v) is 3.69. The van der Waals surface area contributed by atoms with Crippen LogP contribution >= 0.6 is 24.0 Å². The second kappa shape index (κ2) is 6.81. The predicted octanol–water partition coefficient (Wildman–Crippen LogP) is 3.76. The minimum atomic E-state index is -1.14. The van der Waals surface area contributed by atoms with Crippen molar-refractivity contribution in [1.82, 2.24) is 4.90 Å². The largest absolute Gasteiger partial charge is 0.480 e. The average molecular weight is 377 g/mol. The first-order valence-corrected chi connectivity index (χ1v) is 8.45. The Morgan fingerprint density at radius 3 is 2.76 bits per heavy atom. The number of halogens is 1. The van der Waals surface area contributed by atoms with Crippen molar-refractivity contribution in [2.45, 2.75) is 13.0 Å². The summed E-state index contributed by atoms with van der Waals surface area (Å²) in [5, 5.41) is 9.07. The zero-order valence-electron chi connectivity index (χ0n) is 12.9. The monoisotopic (exact) mass is 377 g/mol. The van der Waals surface area contributed by atoms with E-state index in [0.29, 0.717) is 17.1 Å². The van der Waals surface area contributed by atoms with Crippen LogP contribution < -0.4 is 0 Å². The molecule has 1 saturated heterocycles. The third-order valence-electron chi connectivity index (χ3n) is 3.61. The minimum absolute atomic E-state index is 0.173. The number of carbonyl (C=O) groups is 2. The van der Waals surface area contributed by atoms with Crippen LogP contribution in [-0.2, 0) is 9.59 Å². The topological polar surface area (TPSA) is 70.8 Å². The molecule has 5 nitrogen and oxygen atoms in total. The molecular weight excluding hydrogens is 365 g/mol. The summed E-state index contributed by atoms with van der Waals surface area (Å²) in [6.07, 6.45) is 1.47. The highest BCUT2D eigenvalue weighted by Crippen LogP contribution is 2.35. The summed E-state index contributed by atoms with van der Waals surface area (Å²) in [4.78, 5) is 24.8. The fourth-order valence-electron chi connectivity index (χ4n) is 2.29. The second-order valence-corrected chi connectivity index (χ2v) is 6.92. The molecule has 0 spiro atoms. The Morgan fingerprint density at radius 2 is 2.08 bits per heavy atom. The van der Waals surface area contributed by atoms with Crippen LogP contribution in [-0.4, -0.2) is 32.2 Å². The molecule has 2 aromatic rings. The molecule has 1 atom stereocenters. The lowest BCUT2D eigenvalue weighted by atomic mass is 10.1. The maximum absolute atomic E-state index is 13.8. The highest BCUT2D eigenvalue weighted by Gasteiger charge is 2.38. The zero-order valence-corrected chi connectivity index (χ0v) is 14.6. The van der Waals surface area contributed by atoms with Crippen molar-refractivity contribution in [2.24, 2.45) is 0 Å². The van der Waals surface area contributed by atoms with Gasteiger partial charge in [-0.2, -0.15) is 0 Å². The molecule has 1 amide bonds. The normalized spacial score (nSPS) is 17.4. The first-order valence-electron chi connectivity index (χ1n) is 7.23. The molecule has 0 bridgehead atoms. The lowest BCUT2D eigenvalue weighted by Gasteiger charge is -2.18. The number of carboxylic acids is 1. The van der Waals surface area contributed by atoms with Crippen molar-refractivity contribution >= 4 is 46.3 Å². The van der Waals surface area contributed by atoms with Gasteiger partial charge in [0.1, 0.15) is 27.7 Å². The van der Waals surface area contributed by atoms with Crippen LogP contribution in [0.3, 0.4) is 0 Å². The Morgan fingerprint density at radius 1 is 1.36 bits per heavy atom. The van der Waals surface area contributed by atoms with Gasteiger partial charge < -0.3 is 9.52 Å². The van der Waals surface area contributed by atoms with Crippen LogP contribution in [0.4, 0.5) is 4.39 Å². The number of amides is 1. The molecule has 3 rings (SSSR count). The van der Waals surface area contributed by atoms with Gasteiger partial charge in [0.05, 0.1) is 10.5 Å². The van der Waals surface area contributed by atoms with Gasteiger partial charge in [-0.3, -0.25) is 9.69 Å². The van der Waals surface area contributed by atoms with E-state index in [0.717, 1.165) is 16.7 Å². The SMILES string of the molecule is C[C@H](C(=O)O)N1C(=O)/C(=C/c2ccc(-c3ccccc3F)o2)SC1=S. The van der Waals surface area contributed by atoms with Gasteiger partial charge in [0.15, 0.2) is 0 Å². The standard InChI is InChI=1S/C17H12FNO4S2/c1-9(16(21)22)19-15(20)14(25-17(19)24)8-10-6-7-13(23-10)11-4-2-3-5-12(11)18/h2-9H,1H3,(H,21,22)/b14-8-/t9-/m1/s1. The van der Waals surface area contributed by atoms with Crippen LogP contribution in [0.25, 0.3) is 17.4 Å². The second-order valence-electron chi connectivity index (χ2n) is 5.25. The quantitative estimate of drug-likeness (QED) is 0.646. The van der Waals surface area contributed by atoms with Gasteiger partial charge in [0.25, 0.3) is 5.91 Å². The first-order chi connectivity index (χ1) is 11.9. The summed E-state index contributed by atoms with van der Waals surface area (Å²) in [6.45, 7) is 1.39. The molecule has 0 unspecified atom stereocenters. The number of furan rings is 1. The Hall–Kier alpha value is -2.45. The number of benzene rings is 1. The maximum Gasteiger partial charge on any atom is 0.326 e. The van der Waals surface area contributed by atoms with Gasteiger partial charge in [-0.05, 0) is 31.2 Å². The molecule has 0 radical (unpaired) electrons. The van der Waals surface area contributed by atoms with Crippen LogP contribution in [0.5, 0.6) is 0 Å². The van der Waals surface area contributed by atoms with E-state index >= 15 is 0 Å². The van der Waals surface area contributed by atoms with Crippen molar-refractivity contribution in [3.8, 4) is 11.3 Å². The molecule has 1 aliphatic rings. The molecular formula is C17H12FNO4S2. The number of aliphatic carboxylic acids is 1. The molecule has 1 N–H and O–H groups in total. The van der Waals surface area contributed by atoms with Crippen LogP contribution in [0.15, 0.2) is 45.7 Å². The molecule has 25 heavy (non-hydrogen) atoms. The summed E-state index contributed by atoms with van der Waals surface area (Å²) in [5.41, 5.74) is 0.314. The highest BCUT2D eigenvalue weighted by atomic mass is 32.2. The van der Waals surface area contributed by atoms with Crippen molar-refractivity contribution in [1.29, 1.82) is 0 Å². The Labute approximate surface area is 152 Å². The highest BCUT2D eigenvalue weighted by molar-refractivity contribution is 8.26. The van der Waals surface area contributed by atoms with E-state index < -0.39 is 23.7 Å². The van der Waals surface area contributed by atoms with Gasteiger partial charge in [-0.15, -0.1) is 0 Å². The number of thioether (sulfide) groups is 1. The van der Waals surface area contributed by atoms with Gasteiger partial charge in [-0.25, -0.2) is 9.18 Å². The molecule has 1 aromatic heterocycles. The van der Waals surface area contributed by atoms with Crippen molar-refractivity contribution < 1.29 is 23.5 Å². The van der Waals surface area contributed by atoms with Crippen molar-refractivity contribution in [3.63, 3.8) is 0 Å². The van der Waals surface area contributed by atoms with Crippen LogP contribution in [0.1, 0.15) is 12.7 Å². The number of carbonyl (C=O) groups excluding carboxylic acids is 1. The molecule has 8 heteroatoms. The fraction of sp³-hybridized carbons (Fsp3) is 0.118. The first kappa shape index (κ1) is 17.4. The summed E-state index contributed by atoms with van der Waals surface area (Å²) in [5.74, 6) is -1.36. The third-order valence-corrected chi connectivity index (χ3v) is 4.94. The third kappa shape index (κ3) is 3.35. The van der Waals surface area contributed by atoms with E-state index in [9.17, 15) is 14.0 Å². The number of hydrogen-bond acceptors (Lipinski definition) is 5. The molecule has 2 heterocycles. The summed E-state index contributed by atoms with van der Waals surface area (Å²) < 4.78 is 19.6. The van der Waals surface area contributed by atoms with E-state index in [4.69, 9.17) is 21.7 Å². The summed E-state index contributed by atoms with van der Waals surface area (Å²) in [7, 11) is 0. The Balaban J connectivity index is 1.88. The van der Waals surface area contributed by atoms with E-state index in [2.05, 4.69) is 0 Å². The lowest BCUT2D eigenvalue weighted by Crippen LogP contribution is -2.41. The zero-order chi connectivity index (χ0) is 18.1. The van der Waals surface area contributed by atoms with Crippen LogP contribution in [0, 0.1) is 5.82 Å². The summed E-state index contributed by atoms with van der Waals surface area (Å²) in [6, 6.07) is 8.35. The summed E-state index contributed by atoms with van der Waals surface area (Å²) >= 11 is 6.09. The average Bonchev–Trinajstić information content (AvgIpc) is 3.13. The molecule has 1 aliphatic heterocycles. The van der Waals surface area contributed by atoms with Crippen molar-refractivity contribution in [2.75, 3.05) is 0 Å². The number of rotatable bonds is 4. The lowest BCUT2D eigenvalue weighted by molar-refractivity contribution is -0.144. The number of nitrogens with zero attached hydrogens (tertiary/aromatic N) is 1. The predicted molar refractivity (Wildman–Crippen MR) is 96.2 cm³/mol. The van der Waals surface area contributed by atoms with E-state index in [1.807, 2.05) is 0 Å². The number of hydrogen-bond donors (Lipinski definition) is 1. The minimum Gasteiger partial charge on any atom is -0.480 e. The van der Waals surface area contributed by atoms with Gasteiger partial charge in [0, 0.05) is 6.08 Å². The Kier molecular flexibility index (Phi) is 4.73. The van der Waals surface area contributed by atoms with E-state index in [1.165, 1.54) is 19.1 Å². The van der Waals surface area contributed by atoms with Gasteiger partial charge in [-0.1, -0.05) is 36.1 Å². The molecule has 0 aliphatic carbocycles. The van der Waals surface area contributed by atoms with Crippen LogP contribution in [0.2, 0.25) is 0 Å². The molecule has 1 aromatic carbocycles. The van der Waals surface area contributed by atoms with Gasteiger partial charge in [0.2, 0.25) is 0 Å². The van der Waals surface area contributed by atoms with Crippen molar-refractivity contribution in [3.05, 3.63) is 52.9 Å². The van der Waals surface area contributed by atoms with E-state index in [-0.39, 0.29) is 9.23 Å². The maximum atomic E-state index is 13.8.